The van der Waals surface area contributed by atoms with E-state index in [1.165, 1.54) is 5.56 Å². The van der Waals surface area contributed by atoms with E-state index in [2.05, 4.69) is 79.9 Å². The van der Waals surface area contributed by atoms with Crippen LogP contribution in [0.5, 0.6) is 0 Å². The Labute approximate surface area is 177 Å². The second-order valence-corrected chi connectivity index (χ2v) is 8.73. The number of aryl methyl sites for hydroxylation is 1. The van der Waals surface area contributed by atoms with Crippen molar-refractivity contribution in [2.75, 3.05) is 0 Å². The summed E-state index contributed by atoms with van der Waals surface area (Å²) in [5.41, 5.74) is 6.83. The number of benzene rings is 3. The highest BCUT2D eigenvalue weighted by Gasteiger charge is 2.22. The van der Waals surface area contributed by atoms with E-state index in [1.807, 2.05) is 24.3 Å². The monoisotopic (exact) mass is 397 g/mol. The molecule has 3 nitrogen and oxygen atoms in total. The standard InChI is InChI=1S/C27H27NO2/c1-27(2,3)21-14-15-23-22(18-21)25(19-10-6-4-7-11-19)26(20-12-8-5-9-13-20)28(23)17-16-24(29)30/h4-15,18H,16-17H2,1-3H3,(H,29,30). The third kappa shape index (κ3) is 3.76. The van der Waals surface area contributed by atoms with Crippen molar-refractivity contribution < 1.29 is 9.90 Å². The van der Waals surface area contributed by atoms with E-state index in [-0.39, 0.29) is 11.8 Å². The van der Waals surface area contributed by atoms with E-state index < -0.39 is 5.97 Å². The summed E-state index contributed by atoms with van der Waals surface area (Å²) < 4.78 is 2.17. The van der Waals surface area contributed by atoms with Crippen LogP contribution in [0.1, 0.15) is 32.8 Å². The molecule has 4 rings (SSSR count). The Morgan fingerprint density at radius 1 is 0.867 bits per heavy atom. The molecule has 0 saturated carbocycles. The molecule has 152 valence electrons. The van der Waals surface area contributed by atoms with Crippen LogP contribution in [0.4, 0.5) is 0 Å². The maximum absolute atomic E-state index is 11.4. The predicted molar refractivity (Wildman–Crippen MR) is 124 cm³/mol. The number of carboxylic acids is 1. The Morgan fingerprint density at radius 3 is 2.03 bits per heavy atom. The molecule has 1 aromatic heterocycles. The number of rotatable bonds is 5. The lowest BCUT2D eigenvalue weighted by atomic mass is 9.85. The Balaban J connectivity index is 2.10. The Bertz CT molecular complexity index is 1180. The van der Waals surface area contributed by atoms with Gasteiger partial charge in [-0.1, -0.05) is 87.5 Å². The zero-order valence-corrected chi connectivity index (χ0v) is 17.7. The number of hydrogen-bond acceptors (Lipinski definition) is 1. The van der Waals surface area contributed by atoms with Crippen molar-refractivity contribution in [1.82, 2.24) is 4.57 Å². The zero-order chi connectivity index (χ0) is 21.3. The number of carboxylic acid groups (broad SMARTS) is 1. The van der Waals surface area contributed by atoms with Gasteiger partial charge in [0.05, 0.1) is 12.1 Å². The number of nitrogens with zero attached hydrogens (tertiary/aromatic N) is 1. The fourth-order valence-corrected chi connectivity index (χ4v) is 4.05. The molecule has 0 aliphatic rings. The van der Waals surface area contributed by atoms with Crippen LogP contribution in [-0.2, 0) is 16.8 Å². The average molecular weight is 398 g/mol. The number of aromatic nitrogens is 1. The summed E-state index contributed by atoms with van der Waals surface area (Å²) in [6, 6.07) is 27.3. The quantitative estimate of drug-likeness (QED) is 0.405. The van der Waals surface area contributed by atoms with E-state index in [4.69, 9.17) is 0 Å². The van der Waals surface area contributed by atoms with Crippen molar-refractivity contribution >= 4 is 16.9 Å². The van der Waals surface area contributed by atoms with Gasteiger partial charge in [0.15, 0.2) is 0 Å². The average Bonchev–Trinajstić information content (AvgIpc) is 3.06. The van der Waals surface area contributed by atoms with E-state index in [1.54, 1.807) is 0 Å². The van der Waals surface area contributed by atoms with Crippen LogP contribution in [0, 0.1) is 0 Å². The molecule has 0 atom stereocenters. The van der Waals surface area contributed by atoms with Gasteiger partial charge >= 0.3 is 5.97 Å². The fourth-order valence-electron chi connectivity index (χ4n) is 4.05. The maximum atomic E-state index is 11.4. The molecule has 0 saturated heterocycles. The van der Waals surface area contributed by atoms with Crippen molar-refractivity contribution in [3.05, 3.63) is 84.4 Å². The van der Waals surface area contributed by atoms with Gasteiger partial charge < -0.3 is 9.67 Å². The summed E-state index contributed by atoms with van der Waals surface area (Å²) in [6.07, 6.45) is 0.0822. The molecule has 0 fully saturated rings. The highest BCUT2D eigenvalue weighted by molar-refractivity contribution is 6.05. The van der Waals surface area contributed by atoms with Gasteiger partial charge in [-0.2, -0.15) is 0 Å². The largest absolute Gasteiger partial charge is 0.481 e. The first-order valence-electron chi connectivity index (χ1n) is 10.4. The first-order valence-corrected chi connectivity index (χ1v) is 10.4. The first kappa shape index (κ1) is 20.0. The molecule has 0 spiro atoms. The molecule has 0 aliphatic heterocycles. The predicted octanol–water partition coefficient (Wildman–Crippen LogP) is 6.75. The third-order valence-corrected chi connectivity index (χ3v) is 5.59. The Morgan fingerprint density at radius 2 is 1.47 bits per heavy atom. The number of aliphatic carboxylic acids is 1. The van der Waals surface area contributed by atoms with Gasteiger partial charge in [-0.3, -0.25) is 4.79 Å². The molecule has 0 unspecified atom stereocenters. The summed E-state index contributed by atoms with van der Waals surface area (Å²) in [7, 11) is 0. The van der Waals surface area contributed by atoms with E-state index in [0.29, 0.717) is 6.54 Å². The zero-order valence-electron chi connectivity index (χ0n) is 17.7. The van der Waals surface area contributed by atoms with E-state index >= 15 is 0 Å². The van der Waals surface area contributed by atoms with Gasteiger partial charge in [-0.15, -0.1) is 0 Å². The molecular formula is C27H27NO2. The van der Waals surface area contributed by atoms with Gasteiger partial charge in [0.1, 0.15) is 0 Å². The summed E-state index contributed by atoms with van der Waals surface area (Å²) in [4.78, 5) is 11.4. The van der Waals surface area contributed by atoms with Gasteiger partial charge in [0.2, 0.25) is 0 Å². The van der Waals surface area contributed by atoms with Crippen LogP contribution in [0.2, 0.25) is 0 Å². The minimum atomic E-state index is -0.788. The molecule has 0 aliphatic carbocycles. The number of hydrogen-bond donors (Lipinski definition) is 1. The normalized spacial score (nSPS) is 11.7. The lowest BCUT2D eigenvalue weighted by molar-refractivity contribution is -0.137. The van der Waals surface area contributed by atoms with Crippen molar-refractivity contribution in [2.45, 2.75) is 39.2 Å². The maximum Gasteiger partial charge on any atom is 0.305 e. The van der Waals surface area contributed by atoms with Crippen molar-refractivity contribution in [1.29, 1.82) is 0 Å². The summed E-state index contributed by atoms with van der Waals surface area (Å²) in [5, 5.41) is 10.5. The molecule has 0 amide bonds. The molecule has 1 heterocycles. The minimum absolute atomic E-state index is 0.0260. The minimum Gasteiger partial charge on any atom is -0.481 e. The fraction of sp³-hybridized carbons (Fsp3) is 0.222. The number of carbonyl (C=O) groups is 1. The SMILES string of the molecule is CC(C)(C)c1ccc2c(c1)c(-c1ccccc1)c(-c1ccccc1)n2CCC(=O)O. The van der Waals surface area contributed by atoms with Crippen LogP contribution < -0.4 is 0 Å². The highest BCUT2D eigenvalue weighted by Crippen LogP contribution is 2.42. The topological polar surface area (TPSA) is 42.2 Å². The second-order valence-electron chi connectivity index (χ2n) is 8.73. The molecule has 0 bridgehead atoms. The van der Waals surface area contributed by atoms with Crippen LogP contribution >= 0.6 is 0 Å². The van der Waals surface area contributed by atoms with Gasteiger partial charge in [-0.05, 0) is 34.2 Å². The molecule has 0 radical (unpaired) electrons. The van der Waals surface area contributed by atoms with Crippen LogP contribution in [0.3, 0.4) is 0 Å². The molecular weight excluding hydrogens is 370 g/mol. The van der Waals surface area contributed by atoms with Crippen molar-refractivity contribution in [3.63, 3.8) is 0 Å². The first-order chi connectivity index (χ1) is 14.4. The third-order valence-electron chi connectivity index (χ3n) is 5.59. The lowest BCUT2D eigenvalue weighted by Gasteiger charge is -2.19. The van der Waals surface area contributed by atoms with Gasteiger partial charge in [-0.25, -0.2) is 0 Å². The summed E-state index contributed by atoms with van der Waals surface area (Å²) in [6.45, 7) is 7.08. The number of fused-ring (bicyclic) bond motifs is 1. The van der Waals surface area contributed by atoms with Crippen molar-refractivity contribution in [3.8, 4) is 22.4 Å². The molecule has 4 aromatic rings. The van der Waals surface area contributed by atoms with Crippen LogP contribution in [-0.4, -0.2) is 15.6 Å². The molecule has 1 N–H and O–H groups in total. The van der Waals surface area contributed by atoms with Crippen LogP contribution in [0.15, 0.2) is 78.9 Å². The molecule has 3 aromatic carbocycles. The van der Waals surface area contributed by atoms with Crippen LogP contribution in [0.25, 0.3) is 33.3 Å². The lowest BCUT2D eigenvalue weighted by Crippen LogP contribution is -2.10. The Kier molecular flexibility index (Phi) is 5.21. The Hall–Kier alpha value is -3.33. The smallest absolute Gasteiger partial charge is 0.305 e. The van der Waals surface area contributed by atoms with Gasteiger partial charge in [0.25, 0.3) is 0 Å². The second kappa shape index (κ2) is 7.83. The van der Waals surface area contributed by atoms with E-state index in [9.17, 15) is 9.90 Å². The molecule has 3 heteroatoms. The summed E-state index contributed by atoms with van der Waals surface area (Å²) >= 11 is 0. The van der Waals surface area contributed by atoms with Crippen molar-refractivity contribution in [2.24, 2.45) is 0 Å². The molecule has 30 heavy (non-hydrogen) atoms. The van der Waals surface area contributed by atoms with E-state index in [0.717, 1.165) is 33.3 Å². The highest BCUT2D eigenvalue weighted by atomic mass is 16.4. The summed E-state index contributed by atoms with van der Waals surface area (Å²) in [5.74, 6) is -0.788. The van der Waals surface area contributed by atoms with Gasteiger partial charge in [0, 0.05) is 23.0 Å².